The molecule has 0 spiro atoms. The second-order valence-corrected chi connectivity index (χ2v) is 4.78. The molecule has 2 N–H and O–H groups in total. The average Bonchev–Trinajstić information content (AvgIpc) is 2.92. The molecule has 0 bridgehead atoms. The molecule has 0 saturated carbocycles. The number of fused-ring (bicyclic) bond motifs is 1. The molecule has 0 aliphatic carbocycles. The van der Waals surface area contributed by atoms with Crippen LogP contribution in [0.5, 0.6) is 0 Å². The van der Waals surface area contributed by atoms with E-state index in [9.17, 15) is 0 Å². The summed E-state index contributed by atoms with van der Waals surface area (Å²) < 4.78 is 0. The van der Waals surface area contributed by atoms with Crippen molar-refractivity contribution in [2.45, 2.75) is 0 Å². The minimum Gasteiger partial charge on any atom is -0.383 e. The van der Waals surface area contributed by atoms with Gasteiger partial charge in [0.15, 0.2) is 0 Å². The minimum absolute atomic E-state index is 0.514. The molecule has 3 aromatic rings. The lowest BCUT2D eigenvalue weighted by Gasteiger charge is -2.18. The summed E-state index contributed by atoms with van der Waals surface area (Å²) in [6.07, 6.45) is 1.49. The van der Waals surface area contributed by atoms with Crippen molar-refractivity contribution in [1.82, 2.24) is 9.97 Å². The molecule has 0 radical (unpaired) electrons. The van der Waals surface area contributed by atoms with Crippen molar-refractivity contribution in [2.24, 2.45) is 0 Å². The monoisotopic (exact) mass is 256 g/mol. The quantitative estimate of drug-likeness (QED) is 0.765. The molecule has 0 atom stereocenters. The Hall–Kier alpha value is -2.14. The van der Waals surface area contributed by atoms with Gasteiger partial charge in [0.1, 0.15) is 12.1 Å². The molecule has 5 heteroatoms. The predicted octanol–water partition coefficient (Wildman–Crippen LogP) is 3.04. The number of benzene rings is 1. The van der Waals surface area contributed by atoms with Crippen molar-refractivity contribution in [3.05, 3.63) is 41.4 Å². The Morgan fingerprint density at radius 3 is 2.83 bits per heavy atom. The van der Waals surface area contributed by atoms with Crippen LogP contribution < -0.4 is 10.6 Å². The third-order valence-electron chi connectivity index (χ3n) is 2.93. The Balaban J connectivity index is 2.11. The number of anilines is 3. The van der Waals surface area contributed by atoms with E-state index in [2.05, 4.69) is 31.7 Å². The number of hydrogen-bond acceptors (Lipinski definition) is 5. The van der Waals surface area contributed by atoms with E-state index in [1.807, 2.05) is 25.2 Å². The predicted molar refractivity (Wildman–Crippen MR) is 76.3 cm³/mol. The van der Waals surface area contributed by atoms with Gasteiger partial charge < -0.3 is 10.6 Å². The molecule has 3 rings (SSSR count). The van der Waals surface area contributed by atoms with Gasteiger partial charge in [-0.2, -0.15) is 11.3 Å². The van der Waals surface area contributed by atoms with Crippen molar-refractivity contribution in [3.8, 4) is 0 Å². The first kappa shape index (κ1) is 11.0. The van der Waals surface area contributed by atoms with Crippen LogP contribution in [0.1, 0.15) is 0 Å². The van der Waals surface area contributed by atoms with Crippen LogP contribution in [-0.2, 0) is 0 Å². The third kappa shape index (κ3) is 1.78. The second kappa shape index (κ2) is 4.27. The molecular weight excluding hydrogens is 244 g/mol. The summed E-state index contributed by atoms with van der Waals surface area (Å²) >= 11 is 1.68. The summed E-state index contributed by atoms with van der Waals surface area (Å²) in [4.78, 5) is 10.3. The Labute approximate surface area is 109 Å². The summed E-state index contributed by atoms with van der Waals surface area (Å²) in [5, 5.41) is 5.05. The lowest BCUT2D eigenvalue weighted by Crippen LogP contribution is -2.08. The van der Waals surface area contributed by atoms with Crippen LogP contribution in [0.3, 0.4) is 0 Å². The van der Waals surface area contributed by atoms with Gasteiger partial charge >= 0.3 is 0 Å². The third-order valence-corrected chi connectivity index (χ3v) is 3.60. The van der Waals surface area contributed by atoms with Gasteiger partial charge in [-0.15, -0.1) is 0 Å². The lowest BCUT2D eigenvalue weighted by molar-refractivity contribution is 1.21. The largest absolute Gasteiger partial charge is 0.383 e. The van der Waals surface area contributed by atoms with Crippen LogP contribution in [0.25, 0.3) is 10.9 Å². The molecule has 2 heterocycles. The van der Waals surface area contributed by atoms with Crippen molar-refractivity contribution < 1.29 is 0 Å². The van der Waals surface area contributed by atoms with Crippen molar-refractivity contribution in [2.75, 3.05) is 17.7 Å². The van der Waals surface area contributed by atoms with E-state index >= 15 is 0 Å². The molecule has 0 saturated heterocycles. The summed E-state index contributed by atoms with van der Waals surface area (Å²) in [5.74, 6) is 0.514. The first-order valence-electron chi connectivity index (χ1n) is 5.52. The Bertz CT molecular complexity index is 679. The number of rotatable bonds is 2. The van der Waals surface area contributed by atoms with E-state index in [1.165, 1.54) is 6.33 Å². The molecule has 0 aliphatic rings. The van der Waals surface area contributed by atoms with E-state index in [0.29, 0.717) is 5.82 Å². The maximum absolute atomic E-state index is 5.88. The molecule has 0 fully saturated rings. The van der Waals surface area contributed by atoms with Gasteiger partial charge in [0, 0.05) is 23.5 Å². The van der Waals surface area contributed by atoms with Crippen LogP contribution in [0.15, 0.2) is 41.4 Å². The number of nitrogens with zero attached hydrogens (tertiary/aromatic N) is 3. The lowest BCUT2D eigenvalue weighted by atomic mass is 10.2. The molecule has 4 nitrogen and oxygen atoms in total. The fourth-order valence-corrected chi connectivity index (χ4v) is 2.54. The molecule has 0 amide bonds. The summed E-state index contributed by atoms with van der Waals surface area (Å²) in [7, 11) is 2.03. The molecule has 2 aromatic heterocycles. The van der Waals surface area contributed by atoms with E-state index in [1.54, 1.807) is 11.3 Å². The summed E-state index contributed by atoms with van der Waals surface area (Å²) in [6, 6.07) is 8.10. The van der Waals surface area contributed by atoms with Gasteiger partial charge in [0.05, 0.1) is 11.2 Å². The van der Waals surface area contributed by atoms with Gasteiger partial charge in [0.2, 0.25) is 0 Å². The van der Waals surface area contributed by atoms with E-state index in [0.717, 1.165) is 22.3 Å². The first-order valence-corrected chi connectivity index (χ1v) is 6.46. The van der Waals surface area contributed by atoms with Crippen LogP contribution in [0, 0.1) is 0 Å². The standard InChI is InChI=1S/C13H12N4S/c1-17(10-4-5-18-7-10)9-2-3-12-11(6-9)13(14)16-8-15-12/h2-8H,1H3,(H2,14,15,16). The molecule has 18 heavy (non-hydrogen) atoms. The Morgan fingerprint density at radius 2 is 2.06 bits per heavy atom. The van der Waals surface area contributed by atoms with Gasteiger partial charge in [-0.25, -0.2) is 9.97 Å². The maximum Gasteiger partial charge on any atom is 0.134 e. The molecule has 0 aliphatic heterocycles. The van der Waals surface area contributed by atoms with E-state index in [-0.39, 0.29) is 0 Å². The molecule has 0 unspecified atom stereocenters. The smallest absolute Gasteiger partial charge is 0.134 e. The van der Waals surface area contributed by atoms with E-state index in [4.69, 9.17) is 5.73 Å². The van der Waals surface area contributed by atoms with Gasteiger partial charge in [-0.1, -0.05) is 0 Å². The normalized spacial score (nSPS) is 10.7. The van der Waals surface area contributed by atoms with Crippen molar-refractivity contribution >= 4 is 39.4 Å². The second-order valence-electron chi connectivity index (χ2n) is 4.00. The summed E-state index contributed by atoms with van der Waals surface area (Å²) in [5.41, 5.74) is 8.98. The fraction of sp³-hybridized carbons (Fsp3) is 0.0769. The zero-order chi connectivity index (χ0) is 12.5. The number of aromatic nitrogens is 2. The number of thiophene rings is 1. The van der Waals surface area contributed by atoms with Gasteiger partial charge in [-0.3, -0.25) is 0 Å². The maximum atomic E-state index is 5.88. The highest BCUT2D eigenvalue weighted by Gasteiger charge is 2.07. The van der Waals surface area contributed by atoms with Crippen LogP contribution in [0.4, 0.5) is 17.2 Å². The molecular formula is C13H12N4S. The van der Waals surface area contributed by atoms with Crippen LogP contribution in [-0.4, -0.2) is 17.0 Å². The summed E-state index contributed by atoms with van der Waals surface area (Å²) in [6.45, 7) is 0. The van der Waals surface area contributed by atoms with Crippen LogP contribution in [0.2, 0.25) is 0 Å². The molecule has 90 valence electrons. The highest BCUT2D eigenvalue weighted by molar-refractivity contribution is 7.08. The van der Waals surface area contributed by atoms with E-state index < -0.39 is 0 Å². The van der Waals surface area contributed by atoms with Crippen molar-refractivity contribution in [1.29, 1.82) is 0 Å². The SMILES string of the molecule is CN(c1ccsc1)c1ccc2ncnc(N)c2c1. The minimum atomic E-state index is 0.514. The average molecular weight is 256 g/mol. The number of hydrogen-bond donors (Lipinski definition) is 1. The Morgan fingerprint density at radius 1 is 1.17 bits per heavy atom. The highest BCUT2D eigenvalue weighted by Crippen LogP contribution is 2.29. The number of nitrogen functional groups attached to an aromatic ring is 1. The Kier molecular flexibility index (Phi) is 2.60. The van der Waals surface area contributed by atoms with Crippen LogP contribution >= 0.6 is 11.3 Å². The first-order chi connectivity index (χ1) is 8.75. The highest BCUT2D eigenvalue weighted by atomic mass is 32.1. The number of nitrogens with two attached hydrogens (primary N) is 1. The zero-order valence-corrected chi connectivity index (χ0v) is 10.7. The fourth-order valence-electron chi connectivity index (χ4n) is 1.87. The van der Waals surface area contributed by atoms with Gasteiger partial charge in [0.25, 0.3) is 0 Å². The zero-order valence-electron chi connectivity index (χ0n) is 9.87. The van der Waals surface area contributed by atoms with Crippen molar-refractivity contribution in [3.63, 3.8) is 0 Å². The topological polar surface area (TPSA) is 55.0 Å². The van der Waals surface area contributed by atoms with Gasteiger partial charge in [-0.05, 0) is 29.6 Å². The molecule has 1 aromatic carbocycles.